The number of nitrogens with one attached hydrogen (secondary N) is 1. The number of aromatic nitrogens is 2. The van der Waals surface area contributed by atoms with Gasteiger partial charge in [0.2, 0.25) is 27.6 Å². The van der Waals surface area contributed by atoms with Crippen LogP contribution in [0.15, 0.2) is 61.3 Å². The van der Waals surface area contributed by atoms with Crippen LogP contribution in [0.5, 0.6) is 11.5 Å². The molecule has 1 unspecified atom stereocenters. The summed E-state index contributed by atoms with van der Waals surface area (Å²) in [5.41, 5.74) is -0.992. The summed E-state index contributed by atoms with van der Waals surface area (Å²) in [6.45, 7) is 8.33. The van der Waals surface area contributed by atoms with Crippen LogP contribution in [0.25, 0.3) is 22.3 Å². The van der Waals surface area contributed by atoms with Crippen molar-refractivity contribution in [3.8, 4) is 22.9 Å². The molecule has 3 amide bonds. The van der Waals surface area contributed by atoms with E-state index in [-0.39, 0.29) is 45.2 Å². The van der Waals surface area contributed by atoms with Gasteiger partial charge in [0.15, 0.2) is 0 Å². The summed E-state index contributed by atoms with van der Waals surface area (Å²) in [6, 6.07) is 11.1. The highest BCUT2D eigenvalue weighted by molar-refractivity contribution is 8.07. The van der Waals surface area contributed by atoms with Crippen molar-refractivity contribution < 1.29 is 45.9 Å². The van der Waals surface area contributed by atoms with Gasteiger partial charge in [0.25, 0.3) is 11.0 Å². The lowest BCUT2D eigenvalue weighted by Crippen LogP contribution is -2.56. The average Bonchev–Trinajstić information content (AvgIpc) is 4.12. The first-order valence-corrected chi connectivity index (χ1v) is 21.2. The number of halogens is 2. The van der Waals surface area contributed by atoms with Gasteiger partial charge in [-0.25, -0.2) is 22.2 Å². The molecule has 3 aromatic rings. The Kier molecular flexibility index (Phi) is 10.9. The largest absolute Gasteiger partial charge is 0.497 e. The van der Waals surface area contributed by atoms with Crippen molar-refractivity contribution >= 4 is 43.6 Å². The van der Waals surface area contributed by atoms with E-state index in [2.05, 4.69) is 16.9 Å². The van der Waals surface area contributed by atoms with Gasteiger partial charge in [-0.2, -0.15) is 0 Å². The van der Waals surface area contributed by atoms with Gasteiger partial charge in [0.05, 0.1) is 48.3 Å². The van der Waals surface area contributed by atoms with Crippen LogP contribution in [-0.4, -0.2) is 107 Å². The molecule has 2 aromatic heterocycles. The first-order valence-electron chi connectivity index (χ1n) is 19.6. The Morgan fingerprint density at radius 3 is 2.48 bits per heavy atom. The molecule has 310 valence electrons. The number of sulfone groups is 1. The van der Waals surface area contributed by atoms with Crippen LogP contribution in [0.2, 0.25) is 0 Å². The Hall–Kier alpha value is -4.99. The number of fused-ring (bicyclic) bond motifs is 1. The first-order chi connectivity index (χ1) is 27.4. The van der Waals surface area contributed by atoms with Crippen LogP contribution in [0, 0.1) is 17.3 Å². The zero-order chi connectivity index (χ0) is 41.8. The summed E-state index contributed by atoms with van der Waals surface area (Å²) >= 11 is 0. The average molecular weight is 822 g/mol. The zero-order valence-electron chi connectivity index (χ0n) is 33.1. The van der Waals surface area contributed by atoms with Crippen LogP contribution in [0.3, 0.4) is 0 Å². The van der Waals surface area contributed by atoms with E-state index in [0.29, 0.717) is 46.6 Å². The second kappa shape index (κ2) is 15.3. The van der Waals surface area contributed by atoms with Crippen LogP contribution in [0.1, 0.15) is 65.7 Å². The highest BCUT2D eigenvalue weighted by Crippen LogP contribution is 2.49. The molecule has 0 radical (unpaired) electrons. The van der Waals surface area contributed by atoms with E-state index in [1.54, 1.807) is 63.4 Å². The number of hydrogen-bond donors (Lipinski definition) is 1. The van der Waals surface area contributed by atoms with Gasteiger partial charge < -0.3 is 24.6 Å². The summed E-state index contributed by atoms with van der Waals surface area (Å²) in [7, 11) is -2.66. The second-order valence-corrected chi connectivity index (χ2v) is 19.1. The van der Waals surface area contributed by atoms with E-state index < -0.39 is 85.3 Å². The van der Waals surface area contributed by atoms with Crippen molar-refractivity contribution in [2.45, 2.75) is 94.6 Å². The Balaban J connectivity index is 1.23. The summed E-state index contributed by atoms with van der Waals surface area (Å²) in [5, 5.41) is 1.50. The van der Waals surface area contributed by atoms with E-state index >= 15 is 0 Å². The smallest absolute Gasteiger partial charge is 0.272 e. The molecule has 58 heavy (non-hydrogen) atoms. The van der Waals surface area contributed by atoms with E-state index in [4.69, 9.17) is 14.5 Å². The molecule has 13 nitrogen and oxygen atoms in total. The molecule has 2 saturated heterocycles. The molecule has 2 saturated carbocycles. The van der Waals surface area contributed by atoms with E-state index in [1.807, 2.05) is 6.07 Å². The fourth-order valence-corrected chi connectivity index (χ4v) is 9.99. The molecule has 4 fully saturated rings. The number of hydrogen-bond acceptors (Lipinski definition) is 10. The number of likely N-dealkylation sites (tertiary alicyclic amines) is 2. The number of nitrogens with zero attached hydrogens (tertiary/aromatic N) is 4. The molecule has 2 aliphatic carbocycles. The van der Waals surface area contributed by atoms with Crippen LogP contribution < -0.4 is 14.8 Å². The lowest BCUT2D eigenvalue weighted by Gasteiger charge is -2.37. The molecule has 16 heteroatoms. The van der Waals surface area contributed by atoms with Gasteiger partial charge in [-0.3, -0.25) is 24.2 Å². The molecule has 7 rings (SSSR count). The van der Waals surface area contributed by atoms with Crippen LogP contribution in [0.4, 0.5) is 8.78 Å². The molecular weight excluding hydrogens is 773 g/mol. The summed E-state index contributed by atoms with van der Waals surface area (Å²) in [6.07, 6.45) is 2.40. The number of carbonyl (C=O) groups is 4. The third-order valence-electron chi connectivity index (χ3n) is 11.7. The molecule has 1 N–H and O–H groups in total. The van der Waals surface area contributed by atoms with Gasteiger partial charge in [-0.1, -0.05) is 32.9 Å². The second-order valence-electron chi connectivity index (χ2n) is 17.0. The first kappa shape index (κ1) is 41.2. The molecule has 0 bridgehead atoms. The molecule has 4 aliphatic rings. The maximum absolute atomic E-state index is 14.8. The molecule has 5 atom stereocenters. The van der Waals surface area contributed by atoms with Crippen LogP contribution in [-0.2, 0) is 29.0 Å². The number of piperidine rings is 1. The Morgan fingerprint density at radius 2 is 1.86 bits per heavy atom. The highest BCUT2D eigenvalue weighted by atomic mass is 32.2. The maximum Gasteiger partial charge on any atom is 0.272 e. The summed E-state index contributed by atoms with van der Waals surface area (Å²) < 4.78 is 67.3. The Bertz CT molecular complexity index is 2250. The summed E-state index contributed by atoms with van der Waals surface area (Å²) in [5.74, 6) is -5.69. The number of carbonyl (C=O) groups excluding carboxylic acids is 4. The minimum Gasteiger partial charge on any atom is -0.497 e. The lowest BCUT2D eigenvalue weighted by molar-refractivity contribution is -0.151. The predicted molar refractivity (Wildman–Crippen MR) is 211 cm³/mol. The Morgan fingerprint density at radius 1 is 1.10 bits per heavy atom. The monoisotopic (exact) mass is 821 g/mol. The van der Waals surface area contributed by atoms with Crippen molar-refractivity contribution in [3.05, 3.63) is 61.3 Å². The number of rotatable bonds is 12. The van der Waals surface area contributed by atoms with Gasteiger partial charge in [0.1, 0.15) is 29.2 Å². The van der Waals surface area contributed by atoms with Gasteiger partial charge in [-0.05, 0) is 55.4 Å². The Labute approximate surface area is 336 Å². The summed E-state index contributed by atoms with van der Waals surface area (Å²) in [4.78, 5) is 68.2. The van der Waals surface area contributed by atoms with E-state index in [0.717, 1.165) is 4.90 Å². The van der Waals surface area contributed by atoms with Crippen molar-refractivity contribution in [1.82, 2.24) is 25.1 Å². The maximum atomic E-state index is 14.8. The molecular formula is C42H49F2N5O8S. The molecule has 2 aliphatic heterocycles. The normalized spacial score (nSPS) is 24.8. The van der Waals surface area contributed by atoms with Crippen molar-refractivity contribution in [1.29, 1.82) is 0 Å². The number of amides is 3. The predicted octanol–water partition coefficient (Wildman–Crippen LogP) is 5.13. The SMILES string of the molecule is C=CC1C[C@]1(NC(=O)[C@@H]1C[C@@H](Oc2cc(-c3ccccn3)nc3cc(OC)ccc23)CN1C(=O)[C@@H](CC(=O)N1CCCC(F)(F)C1)C(C)(C)C)C(=O)S(=O)(=O)C1CC1. The van der Waals surface area contributed by atoms with Crippen molar-refractivity contribution in [2.75, 3.05) is 26.7 Å². The minimum absolute atomic E-state index is 0.0377. The van der Waals surface area contributed by atoms with Gasteiger partial charge >= 0.3 is 0 Å². The molecule has 1 aromatic carbocycles. The number of alkyl halides is 2. The number of pyridine rings is 2. The third kappa shape index (κ3) is 8.16. The topological polar surface area (TPSA) is 165 Å². The third-order valence-corrected chi connectivity index (χ3v) is 14.0. The number of methoxy groups -OCH3 is 1. The van der Waals surface area contributed by atoms with Gasteiger partial charge in [0, 0.05) is 55.4 Å². The highest BCUT2D eigenvalue weighted by Gasteiger charge is 2.65. The zero-order valence-corrected chi connectivity index (χ0v) is 33.9. The number of ether oxygens (including phenoxy) is 2. The lowest BCUT2D eigenvalue weighted by atomic mass is 9.77. The standard InChI is InChI=1S/C42H49F2N5O8S/c1-6-25-22-42(25,39(53)58(54,55)28-12-13-28)47-37(51)34-19-27(23-49(34)38(52)30(40(2,3)4)20-36(50)48-17-9-15-41(43,44)24-48)57-35-21-33(31-10-7-8-16-45-31)46-32-18-26(56-5)11-14-29(32)35/h6-8,10-11,14,16,18,21,25,27-28,30,34H,1,9,12-13,15,17,19-20,22-24H2,2-5H3,(H,47,51)/t25?,27-,30-,34+,42-/m1/s1. The van der Waals surface area contributed by atoms with Crippen LogP contribution >= 0.6 is 0 Å². The fraction of sp³-hybridized carbons (Fsp3) is 0.524. The quantitative estimate of drug-likeness (QED) is 0.242. The fourth-order valence-electron chi connectivity index (χ4n) is 8.14. The van der Waals surface area contributed by atoms with E-state index in [9.17, 15) is 36.4 Å². The minimum atomic E-state index is -4.19. The van der Waals surface area contributed by atoms with Crippen molar-refractivity contribution in [2.24, 2.45) is 17.3 Å². The van der Waals surface area contributed by atoms with Gasteiger partial charge in [-0.15, -0.1) is 6.58 Å². The molecule has 4 heterocycles. The number of benzene rings is 1. The molecule has 0 spiro atoms. The van der Waals surface area contributed by atoms with E-state index in [1.165, 1.54) is 18.1 Å². The van der Waals surface area contributed by atoms with Crippen molar-refractivity contribution in [3.63, 3.8) is 0 Å².